The van der Waals surface area contributed by atoms with Crippen molar-refractivity contribution in [1.29, 1.82) is 0 Å². The fraction of sp³-hybridized carbons (Fsp3) is 0.917. The maximum absolute atomic E-state index is 2.60. The van der Waals surface area contributed by atoms with Crippen molar-refractivity contribution >= 4 is 24.2 Å². The molecule has 0 saturated carbocycles. The topological polar surface area (TPSA) is 0 Å². The first-order chi connectivity index (χ1) is 6.31. The molecule has 0 radical (unpaired) electrons. The van der Waals surface area contributed by atoms with E-state index in [0.29, 0.717) is 0 Å². The van der Waals surface area contributed by atoms with E-state index in [1.807, 2.05) is 0 Å². The van der Waals surface area contributed by atoms with Crippen LogP contribution in [0.4, 0.5) is 0 Å². The Morgan fingerprint density at radius 2 is 0.938 bits per heavy atom. The third-order valence-corrected chi connectivity index (χ3v) is 23.6. The Balaban J connectivity index is 0. The summed E-state index contributed by atoms with van der Waals surface area (Å²) < 4.78 is 0. The predicted molar refractivity (Wildman–Crippen MR) is 82.5 cm³/mol. The van der Waals surface area contributed by atoms with Gasteiger partial charge in [-0.05, 0) is 0 Å². The second kappa shape index (κ2) is 5.93. The average molecular weight is 267 g/mol. The second-order valence-electron chi connectivity index (χ2n) is 7.75. The van der Waals surface area contributed by atoms with E-state index >= 15 is 0 Å². The number of rotatable bonds is 4. The first-order valence-corrected chi connectivity index (χ1v) is 16.3. The van der Waals surface area contributed by atoms with Crippen LogP contribution in [0, 0.1) is 4.79 Å². The van der Waals surface area contributed by atoms with Gasteiger partial charge in [-0.25, -0.2) is 0 Å². The fourth-order valence-electron chi connectivity index (χ4n) is 3.35. The SMILES string of the molecule is CC(C)[Si](C)(C)[C-]([Si](C)(C)C)[Si](C)(C)C.[Li+]. The van der Waals surface area contributed by atoms with E-state index in [2.05, 4.69) is 71.0 Å². The first kappa shape index (κ1) is 19.6. The van der Waals surface area contributed by atoms with E-state index in [1.165, 1.54) is 0 Å². The molecule has 0 aliphatic carbocycles. The molecule has 92 valence electrons. The minimum Gasteiger partial charge on any atom is -0.311 e. The molecule has 0 fully saturated rings. The molecule has 0 N–H and O–H groups in total. The molecule has 0 aromatic rings. The molecule has 0 heterocycles. The van der Waals surface area contributed by atoms with Crippen LogP contribution in [0.1, 0.15) is 13.8 Å². The van der Waals surface area contributed by atoms with Crippen LogP contribution in [0.5, 0.6) is 0 Å². The van der Waals surface area contributed by atoms with Gasteiger partial charge in [0.1, 0.15) is 0 Å². The van der Waals surface area contributed by atoms with E-state index in [-0.39, 0.29) is 18.9 Å². The summed E-state index contributed by atoms with van der Waals surface area (Å²) in [5, 5.41) is 0. The van der Waals surface area contributed by atoms with Crippen LogP contribution in [0.2, 0.25) is 57.9 Å². The van der Waals surface area contributed by atoms with Crippen molar-refractivity contribution in [2.45, 2.75) is 71.8 Å². The molecule has 0 aromatic heterocycles. The van der Waals surface area contributed by atoms with Gasteiger partial charge in [-0.3, -0.25) is 0 Å². The molecule has 0 nitrogen and oxygen atoms in total. The molecule has 0 aliphatic heterocycles. The van der Waals surface area contributed by atoms with Gasteiger partial charge in [0.2, 0.25) is 0 Å². The van der Waals surface area contributed by atoms with E-state index in [1.54, 1.807) is 0 Å². The van der Waals surface area contributed by atoms with Gasteiger partial charge in [-0.2, -0.15) is 0 Å². The van der Waals surface area contributed by atoms with Gasteiger partial charge in [0, 0.05) is 0 Å². The summed E-state index contributed by atoms with van der Waals surface area (Å²) in [5.41, 5.74) is 0.894. The van der Waals surface area contributed by atoms with Gasteiger partial charge >= 0.3 is 18.9 Å². The van der Waals surface area contributed by atoms with Crippen LogP contribution in [0.15, 0.2) is 0 Å². The van der Waals surface area contributed by atoms with Crippen LogP contribution >= 0.6 is 0 Å². The molecule has 0 saturated heterocycles. The smallest absolute Gasteiger partial charge is 0.311 e. The molecule has 4 heteroatoms. The molecule has 0 spiro atoms. The van der Waals surface area contributed by atoms with Gasteiger partial charge in [0.25, 0.3) is 0 Å². The van der Waals surface area contributed by atoms with Crippen molar-refractivity contribution in [3.8, 4) is 0 Å². The third kappa shape index (κ3) is 4.86. The maximum Gasteiger partial charge on any atom is 1.00 e. The Morgan fingerprint density at radius 3 is 1.00 bits per heavy atom. The largest absolute Gasteiger partial charge is 1.00 e. The molecule has 0 bridgehead atoms. The normalized spacial score (nSPS) is 14.2. The predicted octanol–water partition coefficient (Wildman–Crippen LogP) is 1.98. The minimum atomic E-state index is -1.14. The van der Waals surface area contributed by atoms with Crippen molar-refractivity contribution in [2.24, 2.45) is 0 Å². The van der Waals surface area contributed by atoms with E-state index in [0.717, 1.165) is 5.54 Å². The monoisotopic (exact) mass is 266 g/mol. The van der Waals surface area contributed by atoms with Crippen LogP contribution in [-0.4, -0.2) is 24.2 Å². The van der Waals surface area contributed by atoms with Gasteiger partial charge in [0.15, 0.2) is 0 Å². The number of hydrogen-bond acceptors (Lipinski definition) is 0. The summed E-state index contributed by atoms with van der Waals surface area (Å²) in [5.74, 6) is 0. The molecule has 0 aromatic carbocycles. The summed E-state index contributed by atoms with van der Waals surface area (Å²) in [4.78, 5) is 2.09. The third-order valence-electron chi connectivity index (χ3n) is 3.59. The molecule has 0 atom stereocenters. The molecule has 0 aliphatic rings. The van der Waals surface area contributed by atoms with E-state index in [9.17, 15) is 0 Å². The van der Waals surface area contributed by atoms with E-state index in [4.69, 9.17) is 0 Å². The molecule has 0 amide bonds. The van der Waals surface area contributed by atoms with Crippen molar-refractivity contribution in [1.82, 2.24) is 0 Å². The number of hydrogen-bond donors (Lipinski definition) is 0. The van der Waals surface area contributed by atoms with Crippen LogP contribution in [0.25, 0.3) is 0 Å². The second-order valence-corrected chi connectivity index (χ2v) is 24.3. The van der Waals surface area contributed by atoms with Crippen molar-refractivity contribution in [2.75, 3.05) is 0 Å². The van der Waals surface area contributed by atoms with Crippen LogP contribution in [0.3, 0.4) is 0 Å². The standard InChI is InChI=1S/C12H31Si3.Li/c1-11(2)15(9,10)12(13(3,4)5)14(6,7)8;/h11H,1-10H3;/q-1;+1. The Bertz CT molecular complexity index is 197. The first-order valence-electron chi connectivity index (χ1n) is 6.19. The zero-order chi connectivity index (χ0) is 12.7. The maximum atomic E-state index is 2.60. The molecule has 0 unspecified atom stereocenters. The molecule has 16 heavy (non-hydrogen) atoms. The van der Waals surface area contributed by atoms with Crippen molar-refractivity contribution < 1.29 is 18.9 Å². The summed E-state index contributed by atoms with van der Waals surface area (Å²) >= 11 is 0. The summed E-state index contributed by atoms with van der Waals surface area (Å²) in [6, 6.07) is 0. The Morgan fingerprint density at radius 1 is 0.688 bits per heavy atom. The quantitative estimate of drug-likeness (QED) is 0.539. The Labute approximate surface area is 119 Å². The summed E-state index contributed by atoms with van der Waals surface area (Å²) in [7, 11) is -3.30. The van der Waals surface area contributed by atoms with Gasteiger partial charge < -0.3 is 4.79 Å². The molecule has 0 rings (SSSR count). The van der Waals surface area contributed by atoms with Gasteiger partial charge in [0.05, 0.1) is 0 Å². The van der Waals surface area contributed by atoms with Crippen molar-refractivity contribution in [3.63, 3.8) is 0 Å². The van der Waals surface area contributed by atoms with E-state index < -0.39 is 24.2 Å². The fourth-order valence-corrected chi connectivity index (χ4v) is 30.1. The Hall–Kier alpha value is 1.25. The van der Waals surface area contributed by atoms with Gasteiger partial charge in [-0.15, -0.1) is 16.1 Å². The minimum absolute atomic E-state index is 0. The molecular weight excluding hydrogens is 235 g/mol. The summed E-state index contributed by atoms with van der Waals surface area (Å²) in [6.45, 7) is 25.4. The zero-order valence-electron chi connectivity index (χ0n) is 13.6. The Kier molecular flexibility index (Phi) is 7.25. The average Bonchev–Trinajstić information content (AvgIpc) is 1.76. The molecular formula is C12H31LiSi3. The van der Waals surface area contributed by atoms with Gasteiger partial charge in [-0.1, -0.05) is 79.8 Å². The zero-order valence-corrected chi connectivity index (χ0v) is 16.6. The van der Waals surface area contributed by atoms with Crippen LogP contribution in [-0.2, 0) is 0 Å². The van der Waals surface area contributed by atoms with Crippen LogP contribution < -0.4 is 18.9 Å². The summed E-state index contributed by atoms with van der Waals surface area (Å²) in [6.07, 6.45) is 0. The van der Waals surface area contributed by atoms with Crippen molar-refractivity contribution in [3.05, 3.63) is 4.79 Å².